The van der Waals surface area contributed by atoms with E-state index in [9.17, 15) is 8.42 Å². The van der Waals surface area contributed by atoms with Gasteiger partial charge in [0.05, 0.1) is 0 Å². The van der Waals surface area contributed by atoms with Crippen LogP contribution in [0.5, 0.6) is 0 Å². The van der Waals surface area contributed by atoms with E-state index in [0.29, 0.717) is 11.8 Å². The fourth-order valence-electron chi connectivity index (χ4n) is 2.16. The second-order valence-electron chi connectivity index (χ2n) is 4.74. The second-order valence-corrected chi connectivity index (χ2v) is 6.79. The number of nitrogens with zero attached hydrogens (tertiary/aromatic N) is 2. The van der Waals surface area contributed by atoms with Crippen LogP contribution in [0, 0.1) is 11.8 Å². The Kier molecular flexibility index (Phi) is 3.48. The molecule has 0 amide bonds. The minimum absolute atomic E-state index is 0.0531. The van der Waals surface area contributed by atoms with Gasteiger partial charge in [-0.15, -0.1) is 0 Å². The molecule has 1 aliphatic rings. The Bertz CT molecular complexity index is 302. The van der Waals surface area contributed by atoms with E-state index in [-0.39, 0.29) is 12.1 Å². The Morgan fingerprint density at radius 3 is 1.33 bits per heavy atom. The second kappa shape index (κ2) is 4.03. The van der Waals surface area contributed by atoms with Crippen molar-refractivity contribution in [3.8, 4) is 0 Å². The number of rotatable bonds is 0. The van der Waals surface area contributed by atoms with E-state index in [1.165, 1.54) is 8.61 Å². The van der Waals surface area contributed by atoms with Gasteiger partial charge in [0.2, 0.25) is 0 Å². The van der Waals surface area contributed by atoms with E-state index in [2.05, 4.69) is 13.8 Å². The molecule has 0 radical (unpaired) electrons. The van der Waals surface area contributed by atoms with Crippen molar-refractivity contribution in [3.05, 3.63) is 0 Å². The maximum absolute atomic E-state index is 12.1. The molecule has 0 bridgehead atoms. The van der Waals surface area contributed by atoms with E-state index in [0.717, 1.165) is 0 Å². The quantitative estimate of drug-likeness (QED) is 0.631. The highest BCUT2D eigenvalue weighted by Crippen LogP contribution is 2.31. The molecule has 0 aromatic carbocycles. The summed E-state index contributed by atoms with van der Waals surface area (Å²) in [7, 11) is 0.0547. The molecule has 4 unspecified atom stereocenters. The van der Waals surface area contributed by atoms with Crippen LogP contribution < -0.4 is 0 Å². The molecule has 4 nitrogen and oxygen atoms in total. The van der Waals surface area contributed by atoms with Crippen molar-refractivity contribution in [1.82, 2.24) is 8.61 Å². The average molecular weight is 234 g/mol. The van der Waals surface area contributed by atoms with Crippen LogP contribution in [0.4, 0.5) is 0 Å². The SMILES string of the molecule is CC1C(C)C(C)N(C)S(=O)(=O)N(C)C1C. The summed E-state index contributed by atoms with van der Waals surface area (Å²) in [5, 5.41) is 0. The van der Waals surface area contributed by atoms with E-state index >= 15 is 0 Å². The Morgan fingerprint density at radius 2 is 1.07 bits per heavy atom. The van der Waals surface area contributed by atoms with Crippen LogP contribution in [-0.4, -0.2) is 43.2 Å². The van der Waals surface area contributed by atoms with Gasteiger partial charge in [0.25, 0.3) is 10.2 Å². The molecule has 4 atom stereocenters. The Labute approximate surface area is 93.4 Å². The molecule has 0 spiro atoms. The summed E-state index contributed by atoms with van der Waals surface area (Å²) in [5.41, 5.74) is 0. The average Bonchev–Trinajstić information content (AvgIpc) is 2.23. The van der Waals surface area contributed by atoms with Gasteiger partial charge in [-0.3, -0.25) is 0 Å². The monoisotopic (exact) mass is 234 g/mol. The summed E-state index contributed by atoms with van der Waals surface area (Å²) in [6.45, 7) is 8.20. The van der Waals surface area contributed by atoms with Crippen molar-refractivity contribution in [2.75, 3.05) is 14.1 Å². The standard InChI is InChI=1S/C10H22N2O2S/c1-7-8(2)10(4)12(6)15(13,14)11(5)9(7)3/h7-10H,1-6H3. The van der Waals surface area contributed by atoms with Gasteiger partial charge in [-0.1, -0.05) is 13.8 Å². The van der Waals surface area contributed by atoms with Crippen LogP contribution in [0.15, 0.2) is 0 Å². The van der Waals surface area contributed by atoms with Crippen LogP contribution in [-0.2, 0) is 10.2 Å². The van der Waals surface area contributed by atoms with Crippen molar-refractivity contribution in [2.45, 2.75) is 39.8 Å². The molecular weight excluding hydrogens is 212 g/mol. The van der Waals surface area contributed by atoms with Gasteiger partial charge in [0, 0.05) is 26.2 Å². The first kappa shape index (κ1) is 12.9. The molecule has 1 saturated heterocycles. The molecule has 0 saturated carbocycles. The summed E-state index contributed by atoms with van der Waals surface area (Å²) < 4.78 is 27.2. The zero-order valence-electron chi connectivity index (χ0n) is 10.4. The Balaban J connectivity index is 3.20. The highest BCUT2D eigenvalue weighted by Gasteiger charge is 2.41. The van der Waals surface area contributed by atoms with Crippen LogP contribution in [0.3, 0.4) is 0 Å². The third-order valence-corrected chi connectivity index (χ3v) is 6.35. The van der Waals surface area contributed by atoms with Crippen molar-refractivity contribution in [2.24, 2.45) is 11.8 Å². The van der Waals surface area contributed by atoms with Crippen LogP contribution in [0.25, 0.3) is 0 Å². The minimum Gasteiger partial charge on any atom is -0.195 e. The highest BCUT2D eigenvalue weighted by atomic mass is 32.2. The molecule has 0 N–H and O–H groups in total. The van der Waals surface area contributed by atoms with Crippen LogP contribution >= 0.6 is 0 Å². The molecule has 1 fully saturated rings. The summed E-state index contributed by atoms with van der Waals surface area (Å²) in [6, 6.07) is 0.106. The van der Waals surface area contributed by atoms with Gasteiger partial charge in [-0.05, 0) is 25.7 Å². The molecule has 90 valence electrons. The molecule has 1 rings (SSSR count). The van der Waals surface area contributed by atoms with Crippen LogP contribution in [0.1, 0.15) is 27.7 Å². The Hall–Kier alpha value is -0.130. The van der Waals surface area contributed by atoms with Crippen molar-refractivity contribution < 1.29 is 8.42 Å². The molecule has 1 aliphatic heterocycles. The lowest BCUT2D eigenvalue weighted by Gasteiger charge is -2.28. The zero-order chi connectivity index (χ0) is 12.0. The molecule has 0 aliphatic carbocycles. The van der Waals surface area contributed by atoms with Gasteiger partial charge in [0.15, 0.2) is 0 Å². The molecule has 0 aromatic heterocycles. The van der Waals surface area contributed by atoms with E-state index < -0.39 is 10.2 Å². The summed E-state index contributed by atoms with van der Waals surface area (Å²) in [4.78, 5) is 0. The minimum atomic E-state index is -3.27. The summed E-state index contributed by atoms with van der Waals surface area (Å²) >= 11 is 0. The first-order valence-corrected chi connectivity index (χ1v) is 6.82. The maximum atomic E-state index is 12.1. The molecule has 1 heterocycles. The van der Waals surface area contributed by atoms with Crippen molar-refractivity contribution in [3.63, 3.8) is 0 Å². The highest BCUT2D eigenvalue weighted by molar-refractivity contribution is 7.86. The lowest BCUT2D eigenvalue weighted by molar-refractivity contribution is 0.212. The van der Waals surface area contributed by atoms with Gasteiger partial charge >= 0.3 is 0 Å². The van der Waals surface area contributed by atoms with Gasteiger partial charge in [-0.25, -0.2) is 0 Å². The van der Waals surface area contributed by atoms with Crippen molar-refractivity contribution in [1.29, 1.82) is 0 Å². The molecule has 0 aromatic rings. The third-order valence-electron chi connectivity index (χ3n) is 4.23. The number of hydrogen-bond acceptors (Lipinski definition) is 2. The fourth-order valence-corrected chi connectivity index (χ4v) is 3.80. The van der Waals surface area contributed by atoms with Gasteiger partial charge < -0.3 is 0 Å². The largest absolute Gasteiger partial charge is 0.281 e. The van der Waals surface area contributed by atoms with Crippen molar-refractivity contribution >= 4 is 10.2 Å². The van der Waals surface area contributed by atoms with E-state index in [1.54, 1.807) is 14.1 Å². The first-order valence-electron chi connectivity index (χ1n) is 5.42. The summed E-state index contributed by atoms with van der Waals surface area (Å²) in [6.07, 6.45) is 0. The predicted molar refractivity (Wildman–Crippen MR) is 61.7 cm³/mol. The van der Waals surface area contributed by atoms with E-state index in [4.69, 9.17) is 0 Å². The third kappa shape index (κ3) is 1.92. The molecular formula is C10H22N2O2S. The van der Waals surface area contributed by atoms with E-state index in [1.807, 2.05) is 13.8 Å². The zero-order valence-corrected chi connectivity index (χ0v) is 11.2. The van der Waals surface area contributed by atoms with Gasteiger partial charge in [0.1, 0.15) is 0 Å². The van der Waals surface area contributed by atoms with Crippen LogP contribution in [0.2, 0.25) is 0 Å². The lowest BCUT2D eigenvalue weighted by Crippen LogP contribution is -2.44. The fraction of sp³-hybridized carbons (Fsp3) is 1.00. The number of hydrogen-bond donors (Lipinski definition) is 0. The Morgan fingerprint density at radius 1 is 0.800 bits per heavy atom. The lowest BCUT2D eigenvalue weighted by atomic mass is 9.85. The first-order chi connectivity index (χ1) is 6.71. The topological polar surface area (TPSA) is 40.6 Å². The smallest absolute Gasteiger partial charge is 0.195 e. The van der Waals surface area contributed by atoms with Gasteiger partial charge in [-0.2, -0.15) is 17.0 Å². The summed E-state index contributed by atoms with van der Waals surface area (Å²) in [5.74, 6) is 0.731. The normalized spacial score (nSPS) is 43.9. The molecule has 5 heteroatoms. The maximum Gasteiger partial charge on any atom is 0.281 e. The predicted octanol–water partition coefficient (Wildman–Crippen LogP) is 1.16. The molecule has 15 heavy (non-hydrogen) atoms.